The second kappa shape index (κ2) is 4.17. The summed E-state index contributed by atoms with van der Waals surface area (Å²) in [7, 11) is 0. The van der Waals surface area contributed by atoms with Gasteiger partial charge >= 0.3 is 6.18 Å². The van der Waals surface area contributed by atoms with E-state index in [1.807, 2.05) is 0 Å². The van der Waals surface area contributed by atoms with Gasteiger partial charge in [0.05, 0.1) is 6.54 Å². The van der Waals surface area contributed by atoms with Crippen molar-refractivity contribution < 1.29 is 13.2 Å². The van der Waals surface area contributed by atoms with Crippen molar-refractivity contribution >= 4 is 0 Å². The van der Waals surface area contributed by atoms with Crippen molar-refractivity contribution in [2.45, 2.75) is 32.1 Å². The van der Waals surface area contributed by atoms with E-state index in [-0.39, 0.29) is 12.0 Å². The number of hydrogen-bond acceptors (Lipinski definition) is 4. The molecular formula is C11H16F3N5. The summed E-state index contributed by atoms with van der Waals surface area (Å²) in [5, 5.41) is 6.94. The quantitative estimate of drug-likeness (QED) is 0.888. The van der Waals surface area contributed by atoms with Crippen LogP contribution >= 0.6 is 0 Å². The molecule has 0 aromatic carbocycles. The lowest BCUT2D eigenvalue weighted by atomic mass is 10.1. The Kier molecular flexibility index (Phi) is 2.82. The average Bonchev–Trinajstić information content (AvgIpc) is 2.98. The zero-order valence-electron chi connectivity index (χ0n) is 10.4. The summed E-state index contributed by atoms with van der Waals surface area (Å²) in [5.74, 6) is -0.492. The maximum absolute atomic E-state index is 12.7. The molecule has 2 heterocycles. The Labute approximate surface area is 108 Å². The predicted octanol–water partition coefficient (Wildman–Crippen LogP) is 0.851. The van der Waals surface area contributed by atoms with Crippen LogP contribution in [-0.4, -0.2) is 39.3 Å². The minimum absolute atomic E-state index is 0.190. The van der Waals surface area contributed by atoms with Crippen LogP contribution in [0.3, 0.4) is 0 Å². The molecule has 0 saturated heterocycles. The molecule has 0 bridgehead atoms. The van der Waals surface area contributed by atoms with Crippen LogP contribution in [0.15, 0.2) is 0 Å². The molecule has 2 N–H and O–H groups in total. The molecule has 0 radical (unpaired) electrons. The van der Waals surface area contributed by atoms with Gasteiger partial charge in [0, 0.05) is 19.6 Å². The average molecular weight is 275 g/mol. The summed E-state index contributed by atoms with van der Waals surface area (Å²) < 4.78 is 39.2. The molecule has 1 aliphatic heterocycles. The van der Waals surface area contributed by atoms with Crippen molar-refractivity contribution in [3.05, 3.63) is 11.6 Å². The topological polar surface area (TPSA) is 60.0 Å². The van der Waals surface area contributed by atoms with Crippen LogP contribution in [-0.2, 0) is 19.3 Å². The first-order valence-corrected chi connectivity index (χ1v) is 6.35. The van der Waals surface area contributed by atoms with E-state index in [2.05, 4.69) is 15.1 Å². The van der Waals surface area contributed by atoms with Gasteiger partial charge in [-0.1, -0.05) is 0 Å². The zero-order chi connectivity index (χ0) is 13.7. The fourth-order valence-corrected chi connectivity index (χ4v) is 2.63. The molecule has 1 aliphatic carbocycles. The Morgan fingerprint density at radius 3 is 2.53 bits per heavy atom. The molecule has 19 heavy (non-hydrogen) atoms. The molecule has 1 aromatic rings. The van der Waals surface area contributed by atoms with Crippen LogP contribution in [0.1, 0.15) is 24.5 Å². The molecule has 0 amide bonds. The summed E-state index contributed by atoms with van der Waals surface area (Å²) in [4.78, 5) is 2.13. The van der Waals surface area contributed by atoms with Crippen molar-refractivity contribution in [1.82, 2.24) is 19.7 Å². The number of hydrogen-bond donors (Lipinski definition) is 1. The second-order valence-corrected chi connectivity index (χ2v) is 5.50. The molecule has 0 spiro atoms. The Hall–Kier alpha value is -1.15. The van der Waals surface area contributed by atoms with E-state index < -0.39 is 12.0 Å². The molecule has 1 fully saturated rings. The highest BCUT2D eigenvalue weighted by Gasteiger charge is 2.44. The largest absolute Gasteiger partial charge is 0.451 e. The number of alkyl halides is 3. The van der Waals surface area contributed by atoms with Gasteiger partial charge in [0.25, 0.3) is 0 Å². The second-order valence-electron chi connectivity index (χ2n) is 5.50. The van der Waals surface area contributed by atoms with Crippen LogP contribution < -0.4 is 5.73 Å². The Balaban J connectivity index is 1.73. The van der Waals surface area contributed by atoms with Crippen molar-refractivity contribution in [3.8, 4) is 0 Å². The highest BCUT2D eigenvalue weighted by atomic mass is 19.4. The van der Waals surface area contributed by atoms with E-state index in [0.717, 1.165) is 19.4 Å². The van der Waals surface area contributed by atoms with Gasteiger partial charge < -0.3 is 10.3 Å². The van der Waals surface area contributed by atoms with E-state index in [9.17, 15) is 13.2 Å². The van der Waals surface area contributed by atoms with E-state index in [4.69, 9.17) is 5.73 Å². The summed E-state index contributed by atoms with van der Waals surface area (Å²) >= 11 is 0. The van der Waals surface area contributed by atoms with Crippen LogP contribution in [0.25, 0.3) is 0 Å². The molecule has 5 nitrogen and oxygen atoms in total. The lowest BCUT2D eigenvalue weighted by Gasteiger charge is -2.30. The fraction of sp³-hybridized carbons (Fsp3) is 0.818. The van der Waals surface area contributed by atoms with Crippen LogP contribution in [0, 0.1) is 5.41 Å². The number of nitrogens with zero attached hydrogens (tertiary/aromatic N) is 4. The summed E-state index contributed by atoms with van der Waals surface area (Å²) in [5.41, 5.74) is 5.92. The monoisotopic (exact) mass is 275 g/mol. The van der Waals surface area contributed by atoms with Gasteiger partial charge in [0.15, 0.2) is 0 Å². The SMILES string of the molecule is NCC1(CN2CCn3c(nnc3C(F)(F)F)C2)CC1. The molecule has 1 aromatic heterocycles. The Bertz CT molecular complexity index is 477. The summed E-state index contributed by atoms with van der Waals surface area (Å²) in [6.07, 6.45) is -2.20. The van der Waals surface area contributed by atoms with Gasteiger partial charge in [-0.2, -0.15) is 13.2 Å². The molecule has 2 aliphatic rings. The third-order valence-corrected chi connectivity index (χ3v) is 4.03. The lowest BCUT2D eigenvalue weighted by molar-refractivity contribution is -0.148. The van der Waals surface area contributed by atoms with E-state index in [0.29, 0.717) is 25.5 Å². The first-order valence-electron chi connectivity index (χ1n) is 6.35. The van der Waals surface area contributed by atoms with Gasteiger partial charge in [-0.15, -0.1) is 10.2 Å². The van der Waals surface area contributed by atoms with Crippen LogP contribution in [0.2, 0.25) is 0 Å². The van der Waals surface area contributed by atoms with Gasteiger partial charge in [0.1, 0.15) is 5.82 Å². The van der Waals surface area contributed by atoms with Gasteiger partial charge in [0.2, 0.25) is 5.82 Å². The lowest BCUT2D eigenvalue weighted by Crippen LogP contribution is -2.40. The van der Waals surface area contributed by atoms with E-state index in [1.54, 1.807) is 0 Å². The van der Waals surface area contributed by atoms with E-state index in [1.165, 1.54) is 4.57 Å². The van der Waals surface area contributed by atoms with Crippen LogP contribution in [0.4, 0.5) is 13.2 Å². The molecule has 0 atom stereocenters. The maximum Gasteiger partial charge on any atom is 0.451 e. The number of nitrogens with two attached hydrogens (primary N) is 1. The first-order chi connectivity index (χ1) is 8.93. The van der Waals surface area contributed by atoms with Gasteiger partial charge in [-0.3, -0.25) is 4.90 Å². The maximum atomic E-state index is 12.7. The Morgan fingerprint density at radius 1 is 1.21 bits per heavy atom. The third-order valence-electron chi connectivity index (χ3n) is 4.03. The zero-order valence-corrected chi connectivity index (χ0v) is 10.4. The molecule has 8 heteroatoms. The van der Waals surface area contributed by atoms with Crippen molar-refractivity contribution in [1.29, 1.82) is 0 Å². The predicted molar refractivity (Wildman–Crippen MR) is 61.0 cm³/mol. The smallest absolute Gasteiger partial charge is 0.330 e. The standard InChI is InChI=1S/C11H16F3N5/c12-11(13,14)9-17-16-8-5-18(3-4-19(8)9)7-10(6-15)1-2-10/h1-7,15H2. The Morgan fingerprint density at radius 2 is 1.95 bits per heavy atom. The fourth-order valence-electron chi connectivity index (χ4n) is 2.63. The number of rotatable bonds is 3. The van der Waals surface area contributed by atoms with Crippen molar-refractivity contribution in [3.63, 3.8) is 0 Å². The summed E-state index contributed by atoms with van der Waals surface area (Å²) in [6, 6.07) is 0. The van der Waals surface area contributed by atoms with Crippen LogP contribution in [0.5, 0.6) is 0 Å². The third kappa shape index (κ3) is 2.34. The molecule has 0 unspecified atom stereocenters. The number of fused-ring (bicyclic) bond motifs is 1. The van der Waals surface area contributed by atoms with Gasteiger partial charge in [-0.25, -0.2) is 0 Å². The number of aromatic nitrogens is 3. The first kappa shape index (κ1) is 12.9. The minimum Gasteiger partial charge on any atom is -0.330 e. The highest BCUT2D eigenvalue weighted by molar-refractivity contribution is 5.04. The highest BCUT2D eigenvalue weighted by Crippen LogP contribution is 2.45. The normalized spacial score (nSPS) is 22.3. The molecule has 1 saturated carbocycles. The van der Waals surface area contributed by atoms with Gasteiger partial charge in [-0.05, 0) is 24.8 Å². The molecule has 3 rings (SSSR count). The molecule has 106 valence electrons. The van der Waals surface area contributed by atoms with E-state index >= 15 is 0 Å². The van der Waals surface area contributed by atoms with Crippen molar-refractivity contribution in [2.24, 2.45) is 11.1 Å². The minimum atomic E-state index is -4.43. The summed E-state index contributed by atoms with van der Waals surface area (Å²) in [6.45, 7) is 2.79. The number of halogens is 3. The molecular weight excluding hydrogens is 259 g/mol. The van der Waals surface area contributed by atoms with Crippen molar-refractivity contribution in [2.75, 3.05) is 19.6 Å².